The van der Waals surface area contributed by atoms with E-state index < -0.39 is 0 Å². The van der Waals surface area contributed by atoms with E-state index in [1.54, 1.807) is 12.1 Å². The fraction of sp³-hybridized carbons (Fsp3) is 0.286. The summed E-state index contributed by atoms with van der Waals surface area (Å²) in [6.45, 7) is 1.74. The normalized spacial score (nSPS) is 18.8. The van der Waals surface area contributed by atoms with Crippen molar-refractivity contribution in [2.45, 2.75) is 12.5 Å². The number of nitrogens with zero attached hydrogens (tertiary/aromatic N) is 3. The van der Waals surface area contributed by atoms with Gasteiger partial charge in [-0.2, -0.15) is 0 Å². The highest BCUT2D eigenvalue weighted by molar-refractivity contribution is 5.62. The molecule has 1 atom stereocenters. The molecule has 0 aliphatic carbocycles. The van der Waals surface area contributed by atoms with E-state index in [0.29, 0.717) is 0 Å². The highest BCUT2D eigenvalue weighted by atomic mass is 19.1. The van der Waals surface area contributed by atoms with Gasteiger partial charge in [0.2, 0.25) is 0 Å². The smallest absolute Gasteiger partial charge is 0.132 e. The van der Waals surface area contributed by atoms with Crippen LogP contribution in [0, 0.1) is 5.82 Å². The third kappa shape index (κ3) is 2.56. The summed E-state index contributed by atoms with van der Waals surface area (Å²) in [7, 11) is 0. The third-order valence-electron chi connectivity index (χ3n) is 3.34. The molecule has 1 unspecified atom stereocenters. The van der Waals surface area contributed by atoms with E-state index in [2.05, 4.69) is 14.9 Å². The van der Waals surface area contributed by atoms with Gasteiger partial charge >= 0.3 is 0 Å². The Labute approximate surface area is 111 Å². The Morgan fingerprint density at radius 3 is 2.68 bits per heavy atom. The van der Waals surface area contributed by atoms with Crippen molar-refractivity contribution in [3.05, 3.63) is 42.5 Å². The maximum Gasteiger partial charge on any atom is 0.132 e. The van der Waals surface area contributed by atoms with Gasteiger partial charge in [0.15, 0.2) is 0 Å². The van der Waals surface area contributed by atoms with Gasteiger partial charge in [0.25, 0.3) is 0 Å². The van der Waals surface area contributed by atoms with Crippen molar-refractivity contribution in [2.75, 3.05) is 18.0 Å². The summed E-state index contributed by atoms with van der Waals surface area (Å²) in [4.78, 5) is 10.7. The van der Waals surface area contributed by atoms with Crippen LogP contribution in [0.4, 0.5) is 10.2 Å². The van der Waals surface area contributed by atoms with Gasteiger partial charge in [-0.05, 0) is 30.7 Å². The van der Waals surface area contributed by atoms with E-state index in [4.69, 9.17) is 5.73 Å². The van der Waals surface area contributed by atoms with Gasteiger partial charge in [-0.3, -0.25) is 0 Å². The molecule has 1 fully saturated rings. The highest BCUT2D eigenvalue weighted by Crippen LogP contribution is 2.23. The van der Waals surface area contributed by atoms with Crippen molar-refractivity contribution >= 4 is 5.82 Å². The molecule has 19 heavy (non-hydrogen) atoms. The van der Waals surface area contributed by atoms with Crippen molar-refractivity contribution in [3.8, 4) is 11.3 Å². The molecule has 1 saturated heterocycles. The largest absolute Gasteiger partial charge is 0.355 e. The second-order valence-electron chi connectivity index (χ2n) is 4.76. The van der Waals surface area contributed by atoms with E-state index in [1.807, 2.05) is 6.07 Å². The maximum absolute atomic E-state index is 12.9. The molecule has 5 heteroatoms. The van der Waals surface area contributed by atoms with Crippen LogP contribution in [0.2, 0.25) is 0 Å². The molecule has 4 nitrogen and oxygen atoms in total. The number of nitrogens with two attached hydrogens (primary N) is 1. The van der Waals surface area contributed by atoms with Crippen LogP contribution in [-0.2, 0) is 0 Å². The van der Waals surface area contributed by atoms with E-state index in [9.17, 15) is 4.39 Å². The van der Waals surface area contributed by atoms with Crippen LogP contribution >= 0.6 is 0 Å². The summed E-state index contributed by atoms with van der Waals surface area (Å²) in [5.74, 6) is 0.630. The number of benzene rings is 1. The second-order valence-corrected chi connectivity index (χ2v) is 4.76. The first-order chi connectivity index (χ1) is 9.22. The summed E-state index contributed by atoms with van der Waals surface area (Å²) >= 11 is 0. The molecular weight excluding hydrogens is 243 g/mol. The summed E-state index contributed by atoms with van der Waals surface area (Å²) < 4.78 is 12.9. The number of rotatable bonds is 2. The molecule has 0 spiro atoms. The first-order valence-electron chi connectivity index (χ1n) is 6.31. The minimum absolute atomic E-state index is 0.212. The molecule has 1 aromatic heterocycles. The standard InChI is InChI=1S/C14H15FN4/c15-11-3-1-10(2-4-11)13-7-14(18-9-17-13)19-6-5-12(16)8-19/h1-4,7,9,12H,5-6,8,16H2. The minimum atomic E-state index is -0.247. The summed E-state index contributed by atoms with van der Waals surface area (Å²) in [6, 6.07) is 8.44. The van der Waals surface area contributed by atoms with Crippen LogP contribution in [0.15, 0.2) is 36.7 Å². The number of hydrogen-bond acceptors (Lipinski definition) is 4. The Hall–Kier alpha value is -2.01. The van der Waals surface area contributed by atoms with E-state index >= 15 is 0 Å². The topological polar surface area (TPSA) is 55.0 Å². The number of aromatic nitrogens is 2. The van der Waals surface area contributed by atoms with Gasteiger partial charge in [-0.1, -0.05) is 0 Å². The van der Waals surface area contributed by atoms with Crippen LogP contribution in [-0.4, -0.2) is 29.1 Å². The number of halogens is 1. The molecule has 2 N–H and O–H groups in total. The Morgan fingerprint density at radius 2 is 2.00 bits per heavy atom. The lowest BCUT2D eigenvalue weighted by molar-refractivity contribution is 0.628. The summed E-state index contributed by atoms with van der Waals surface area (Å²) in [6.07, 6.45) is 2.52. The van der Waals surface area contributed by atoms with Gasteiger partial charge in [0.05, 0.1) is 5.69 Å². The maximum atomic E-state index is 12.9. The lowest BCUT2D eigenvalue weighted by Crippen LogP contribution is -2.26. The van der Waals surface area contributed by atoms with Crippen LogP contribution < -0.4 is 10.6 Å². The Balaban J connectivity index is 1.89. The average Bonchev–Trinajstić information content (AvgIpc) is 2.86. The zero-order valence-electron chi connectivity index (χ0n) is 10.5. The summed E-state index contributed by atoms with van der Waals surface area (Å²) in [5.41, 5.74) is 7.58. The predicted molar refractivity (Wildman–Crippen MR) is 72.2 cm³/mol. The lowest BCUT2D eigenvalue weighted by atomic mass is 10.1. The fourth-order valence-corrected chi connectivity index (χ4v) is 2.29. The van der Waals surface area contributed by atoms with E-state index in [0.717, 1.165) is 36.6 Å². The Kier molecular flexibility index (Phi) is 3.13. The molecule has 98 valence electrons. The summed E-state index contributed by atoms with van der Waals surface area (Å²) in [5, 5.41) is 0. The van der Waals surface area contributed by atoms with Gasteiger partial charge in [0.1, 0.15) is 18.0 Å². The SMILES string of the molecule is NC1CCN(c2cc(-c3ccc(F)cc3)ncn2)C1. The quantitative estimate of drug-likeness (QED) is 0.892. The van der Waals surface area contributed by atoms with E-state index in [1.165, 1.54) is 18.5 Å². The van der Waals surface area contributed by atoms with E-state index in [-0.39, 0.29) is 11.9 Å². The monoisotopic (exact) mass is 258 g/mol. The molecule has 2 heterocycles. The molecule has 1 aliphatic rings. The van der Waals surface area contributed by atoms with Gasteiger partial charge in [0, 0.05) is 30.8 Å². The molecule has 1 aromatic carbocycles. The molecule has 2 aromatic rings. The molecule has 0 bridgehead atoms. The van der Waals surface area contributed by atoms with Crippen LogP contribution in [0.25, 0.3) is 11.3 Å². The lowest BCUT2D eigenvalue weighted by Gasteiger charge is -2.17. The van der Waals surface area contributed by atoms with Crippen LogP contribution in [0.5, 0.6) is 0 Å². The average molecular weight is 258 g/mol. The highest BCUT2D eigenvalue weighted by Gasteiger charge is 2.20. The van der Waals surface area contributed by atoms with Crippen molar-refractivity contribution in [1.29, 1.82) is 0 Å². The number of hydrogen-bond donors (Lipinski definition) is 1. The Bertz CT molecular complexity index is 570. The van der Waals surface area contributed by atoms with Crippen molar-refractivity contribution in [3.63, 3.8) is 0 Å². The Morgan fingerprint density at radius 1 is 1.21 bits per heavy atom. The van der Waals surface area contributed by atoms with Crippen LogP contribution in [0.3, 0.4) is 0 Å². The molecule has 3 rings (SSSR count). The molecule has 0 amide bonds. The second kappa shape index (κ2) is 4.93. The number of anilines is 1. The first kappa shape index (κ1) is 12.0. The van der Waals surface area contributed by atoms with Gasteiger partial charge in [-0.25, -0.2) is 14.4 Å². The third-order valence-corrected chi connectivity index (χ3v) is 3.34. The predicted octanol–water partition coefficient (Wildman–Crippen LogP) is 1.82. The zero-order chi connectivity index (χ0) is 13.2. The van der Waals surface area contributed by atoms with Crippen molar-refractivity contribution < 1.29 is 4.39 Å². The van der Waals surface area contributed by atoms with Crippen molar-refractivity contribution in [2.24, 2.45) is 5.73 Å². The zero-order valence-corrected chi connectivity index (χ0v) is 10.5. The molecule has 1 aliphatic heterocycles. The molecule has 0 saturated carbocycles. The molecule has 0 radical (unpaired) electrons. The van der Waals surface area contributed by atoms with Gasteiger partial charge in [-0.15, -0.1) is 0 Å². The minimum Gasteiger partial charge on any atom is -0.355 e. The van der Waals surface area contributed by atoms with Crippen molar-refractivity contribution in [1.82, 2.24) is 9.97 Å². The van der Waals surface area contributed by atoms with Crippen LogP contribution in [0.1, 0.15) is 6.42 Å². The first-order valence-corrected chi connectivity index (χ1v) is 6.31. The van der Waals surface area contributed by atoms with Gasteiger partial charge < -0.3 is 10.6 Å². The fourth-order valence-electron chi connectivity index (χ4n) is 2.29. The molecular formula is C14H15FN4.